The first-order valence-corrected chi connectivity index (χ1v) is 7.99. The summed E-state index contributed by atoms with van der Waals surface area (Å²) in [5.41, 5.74) is 7.58. The van der Waals surface area contributed by atoms with E-state index in [1.807, 2.05) is 0 Å². The van der Waals surface area contributed by atoms with Gasteiger partial charge in [-0.3, -0.25) is 4.79 Å². The Hall–Kier alpha value is -3.22. The van der Waals surface area contributed by atoms with Crippen molar-refractivity contribution in [1.29, 1.82) is 0 Å². The molecule has 1 aliphatic heterocycles. The number of aryl methyl sites for hydroxylation is 1. The Bertz CT molecular complexity index is 974. The van der Waals surface area contributed by atoms with E-state index in [4.69, 9.17) is 19.9 Å². The Balaban J connectivity index is 2.34. The molecule has 1 aromatic heterocycles. The smallest absolute Gasteiger partial charge is 0.340 e. The highest BCUT2D eigenvalue weighted by Gasteiger charge is 2.38. The van der Waals surface area contributed by atoms with Crippen molar-refractivity contribution in [3.8, 4) is 11.5 Å². The third-order valence-corrected chi connectivity index (χ3v) is 4.56. The first-order valence-electron chi connectivity index (χ1n) is 7.99. The molecule has 1 unspecified atom stereocenters. The molecule has 0 aliphatic carbocycles. The average Bonchev–Trinajstić information content (AvgIpc) is 2.64. The molecule has 2 aromatic rings. The van der Waals surface area contributed by atoms with Gasteiger partial charge in [-0.25, -0.2) is 4.79 Å². The van der Waals surface area contributed by atoms with Gasteiger partial charge in [0.2, 0.25) is 5.88 Å². The van der Waals surface area contributed by atoms with E-state index >= 15 is 0 Å². The molecule has 136 valence electrons. The van der Waals surface area contributed by atoms with E-state index in [1.165, 1.54) is 11.7 Å². The highest BCUT2D eigenvalue weighted by molar-refractivity contribution is 5.92. The Labute approximate surface area is 150 Å². The van der Waals surface area contributed by atoms with Crippen molar-refractivity contribution in [2.45, 2.75) is 12.8 Å². The predicted octanol–water partition coefficient (Wildman–Crippen LogP) is 1.57. The molecule has 2 heterocycles. The summed E-state index contributed by atoms with van der Waals surface area (Å²) in [6.45, 7) is 1.79. The predicted molar refractivity (Wildman–Crippen MR) is 95.1 cm³/mol. The summed E-state index contributed by atoms with van der Waals surface area (Å²) in [6, 6.07) is 8.85. The maximum atomic E-state index is 13.0. The number of aromatic nitrogens is 1. The van der Waals surface area contributed by atoms with Crippen molar-refractivity contribution in [2.75, 3.05) is 14.2 Å². The SMILES string of the molecule is COC(=O)C1=C(N)Oc2cc(C)n(C)c(=O)c2C1c1cccc(OC)c1. The Morgan fingerprint density at radius 3 is 2.65 bits per heavy atom. The van der Waals surface area contributed by atoms with Gasteiger partial charge < -0.3 is 24.5 Å². The summed E-state index contributed by atoms with van der Waals surface area (Å²) in [5, 5.41) is 0. The molecule has 2 N–H and O–H groups in total. The van der Waals surface area contributed by atoms with Gasteiger partial charge in [-0.2, -0.15) is 0 Å². The lowest BCUT2D eigenvalue weighted by Gasteiger charge is -2.28. The van der Waals surface area contributed by atoms with Crippen LogP contribution in [0.4, 0.5) is 0 Å². The lowest BCUT2D eigenvalue weighted by atomic mass is 9.83. The fourth-order valence-corrected chi connectivity index (χ4v) is 3.10. The first kappa shape index (κ1) is 17.6. The number of ether oxygens (including phenoxy) is 3. The molecule has 0 fully saturated rings. The molecule has 1 atom stereocenters. The van der Waals surface area contributed by atoms with Crippen LogP contribution in [-0.4, -0.2) is 24.8 Å². The van der Waals surface area contributed by atoms with Gasteiger partial charge in [0, 0.05) is 18.8 Å². The number of benzene rings is 1. The Kier molecular flexibility index (Phi) is 4.46. The quantitative estimate of drug-likeness (QED) is 0.839. The highest BCUT2D eigenvalue weighted by atomic mass is 16.5. The van der Waals surface area contributed by atoms with Crippen LogP contribution >= 0.6 is 0 Å². The summed E-state index contributed by atoms with van der Waals surface area (Å²) in [6.07, 6.45) is 0. The zero-order valence-corrected chi connectivity index (χ0v) is 15.0. The third kappa shape index (κ3) is 2.71. The molecule has 7 heteroatoms. The van der Waals surface area contributed by atoms with Crippen LogP contribution in [0.15, 0.2) is 46.6 Å². The fraction of sp³-hybridized carbons (Fsp3) is 0.263. The summed E-state index contributed by atoms with van der Waals surface area (Å²) in [4.78, 5) is 25.4. The minimum atomic E-state index is -0.722. The minimum Gasteiger partial charge on any atom is -0.497 e. The van der Waals surface area contributed by atoms with Gasteiger partial charge in [-0.15, -0.1) is 0 Å². The minimum absolute atomic E-state index is 0.0789. The number of nitrogens with two attached hydrogens (primary N) is 1. The van der Waals surface area contributed by atoms with E-state index in [0.29, 0.717) is 28.3 Å². The van der Waals surface area contributed by atoms with Crippen molar-refractivity contribution in [3.63, 3.8) is 0 Å². The van der Waals surface area contributed by atoms with Gasteiger partial charge in [0.05, 0.1) is 25.7 Å². The number of hydrogen-bond donors (Lipinski definition) is 1. The van der Waals surface area contributed by atoms with Crippen molar-refractivity contribution in [1.82, 2.24) is 4.57 Å². The second-order valence-corrected chi connectivity index (χ2v) is 6.01. The molecule has 26 heavy (non-hydrogen) atoms. The number of carbonyl (C=O) groups is 1. The van der Waals surface area contributed by atoms with Crippen LogP contribution in [-0.2, 0) is 16.6 Å². The van der Waals surface area contributed by atoms with Gasteiger partial charge in [0.1, 0.15) is 17.1 Å². The van der Waals surface area contributed by atoms with Gasteiger partial charge in [0.15, 0.2) is 0 Å². The van der Waals surface area contributed by atoms with Crippen LogP contribution in [0.1, 0.15) is 22.7 Å². The van der Waals surface area contributed by atoms with Gasteiger partial charge >= 0.3 is 5.97 Å². The Morgan fingerprint density at radius 1 is 1.27 bits per heavy atom. The lowest BCUT2D eigenvalue weighted by Crippen LogP contribution is -2.34. The number of fused-ring (bicyclic) bond motifs is 1. The lowest BCUT2D eigenvalue weighted by molar-refractivity contribution is -0.136. The molecule has 3 rings (SSSR count). The summed E-state index contributed by atoms with van der Waals surface area (Å²) >= 11 is 0. The number of methoxy groups -OCH3 is 2. The fourth-order valence-electron chi connectivity index (χ4n) is 3.10. The van der Waals surface area contributed by atoms with Crippen LogP contribution in [0, 0.1) is 6.92 Å². The molecule has 1 aliphatic rings. The van der Waals surface area contributed by atoms with Crippen LogP contribution in [0.25, 0.3) is 0 Å². The third-order valence-electron chi connectivity index (χ3n) is 4.56. The van der Waals surface area contributed by atoms with Gasteiger partial charge in [-0.05, 0) is 24.6 Å². The van der Waals surface area contributed by atoms with Crippen molar-refractivity contribution < 1.29 is 19.0 Å². The number of esters is 1. The van der Waals surface area contributed by atoms with E-state index < -0.39 is 11.9 Å². The number of pyridine rings is 1. The second kappa shape index (κ2) is 6.59. The molecule has 0 radical (unpaired) electrons. The average molecular weight is 356 g/mol. The number of nitrogens with zero attached hydrogens (tertiary/aromatic N) is 1. The Morgan fingerprint density at radius 2 is 2.00 bits per heavy atom. The molecular weight excluding hydrogens is 336 g/mol. The summed E-state index contributed by atoms with van der Waals surface area (Å²) < 4.78 is 17.3. The monoisotopic (exact) mass is 356 g/mol. The standard InChI is InChI=1S/C19H20N2O5/c1-10-8-13-15(18(22)21(10)2)14(11-6-5-7-12(9-11)24-3)16(17(20)26-13)19(23)25-4/h5-9,14H,20H2,1-4H3. The molecule has 1 aromatic carbocycles. The van der Waals surface area contributed by atoms with Gasteiger partial charge in [0.25, 0.3) is 5.56 Å². The van der Waals surface area contributed by atoms with Crippen LogP contribution in [0.5, 0.6) is 11.5 Å². The number of rotatable bonds is 3. The normalized spacial score (nSPS) is 15.9. The largest absolute Gasteiger partial charge is 0.497 e. The maximum absolute atomic E-state index is 13.0. The zero-order valence-electron chi connectivity index (χ0n) is 15.0. The first-order chi connectivity index (χ1) is 12.4. The van der Waals surface area contributed by atoms with Crippen LogP contribution in [0.2, 0.25) is 0 Å². The number of carbonyl (C=O) groups excluding carboxylic acids is 1. The molecule has 0 bridgehead atoms. The maximum Gasteiger partial charge on any atom is 0.340 e. The summed E-state index contributed by atoms with van der Waals surface area (Å²) in [7, 11) is 4.47. The molecule has 0 spiro atoms. The van der Waals surface area contributed by atoms with Crippen molar-refractivity contribution >= 4 is 5.97 Å². The van der Waals surface area contributed by atoms with E-state index in [0.717, 1.165) is 0 Å². The molecular formula is C19H20N2O5. The van der Waals surface area contributed by atoms with E-state index in [1.54, 1.807) is 51.4 Å². The molecule has 0 saturated heterocycles. The van der Waals surface area contributed by atoms with E-state index in [-0.39, 0.29) is 17.0 Å². The van der Waals surface area contributed by atoms with E-state index in [9.17, 15) is 9.59 Å². The summed E-state index contributed by atoms with van der Waals surface area (Å²) in [5.74, 6) is -0.514. The van der Waals surface area contributed by atoms with Crippen LogP contribution < -0.4 is 20.8 Å². The number of hydrogen-bond acceptors (Lipinski definition) is 6. The van der Waals surface area contributed by atoms with Crippen molar-refractivity contribution in [3.05, 3.63) is 69.0 Å². The van der Waals surface area contributed by atoms with Crippen molar-refractivity contribution in [2.24, 2.45) is 12.8 Å². The second-order valence-electron chi connectivity index (χ2n) is 6.01. The highest BCUT2D eigenvalue weighted by Crippen LogP contribution is 2.41. The van der Waals surface area contributed by atoms with E-state index in [2.05, 4.69) is 0 Å². The van der Waals surface area contributed by atoms with Crippen LogP contribution in [0.3, 0.4) is 0 Å². The zero-order chi connectivity index (χ0) is 19.0. The van der Waals surface area contributed by atoms with Gasteiger partial charge in [-0.1, -0.05) is 12.1 Å². The topological polar surface area (TPSA) is 92.8 Å². The molecule has 0 amide bonds. The molecule has 7 nitrogen and oxygen atoms in total. The molecule has 0 saturated carbocycles.